The van der Waals surface area contributed by atoms with Crippen molar-refractivity contribution in [3.63, 3.8) is 0 Å². The van der Waals surface area contributed by atoms with Gasteiger partial charge >= 0.3 is 0 Å². The van der Waals surface area contributed by atoms with Crippen molar-refractivity contribution in [2.24, 2.45) is 0 Å². The van der Waals surface area contributed by atoms with Crippen molar-refractivity contribution in [3.8, 4) is 11.5 Å². The molecule has 2 aromatic rings. The number of carbonyl (C=O) groups is 1. The number of rotatable bonds is 7. The second-order valence-electron chi connectivity index (χ2n) is 7.24. The zero-order valence-corrected chi connectivity index (χ0v) is 18.6. The largest absolute Gasteiger partial charge is 0.493 e. The summed E-state index contributed by atoms with van der Waals surface area (Å²) in [4.78, 5) is 13.2. The Balaban J connectivity index is 1.89. The number of nitrogens with one attached hydrogen (secondary N) is 1. The Hall–Kier alpha value is -2.58. The third kappa shape index (κ3) is 4.15. The van der Waals surface area contributed by atoms with Gasteiger partial charge in [-0.3, -0.25) is 4.79 Å². The first-order valence-corrected chi connectivity index (χ1v) is 11.4. The lowest BCUT2D eigenvalue weighted by molar-refractivity contribution is -0.119. The summed E-state index contributed by atoms with van der Waals surface area (Å²) in [6.07, 6.45) is 1.88. The summed E-state index contributed by atoms with van der Waals surface area (Å²) >= 11 is 0. The van der Waals surface area contributed by atoms with Gasteiger partial charge in [0.1, 0.15) is 6.04 Å². The zero-order chi connectivity index (χ0) is 21.9. The molecule has 2 aromatic carbocycles. The number of amides is 1. The van der Waals surface area contributed by atoms with Crippen LogP contribution in [0.2, 0.25) is 0 Å². The summed E-state index contributed by atoms with van der Waals surface area (Å²) in [6.45, 7) is 4.25. The van der Waals surface area contributed by atoms with Crippen LogP contribution in [0.5, 0.6) is 11.5 Å². The molecule has 1 aliphatic rings. The number of benzene rings is 2. The first-order chi connectivity index (χ1) is 14.3. The van der Waals surface area contributed by atoms with Gasteiger partial charge in [0, 0.05) is 18.3 Å². The quantitative estimate of drug-likeness (QED) is 0.725. The first kappa shape index (κ1) is 22.1. The minimum atomic E-state index is -3.87. The van der Waals surface area contributed by atoms with E-state index in [0.29, 0.717) is 30.9 Å². The molecule has 162 valence electrons. The molecule has 1 atom stereocenters. The molecule has 1 unspecified atom stereocenters. The van der Waals surface area contributed by atoms with E-state index < -0.39 is 16.1 Å². The molecule has 1 amide bonds. The molecular weight excluding hydrogens is 404 g/mol. The Kier molecular flexibility index (Phi) is 6.67. The fourth-order valence-electron chi connectivity index (χ4n) is 3.81. The molecule has 1 N–H and O–H groups in total. The van der Waals surface area contributed by atoms with E-state index in [9.17, 15) is 13.2 Å². The Morgan fingerprint density at radius 1 is 1.17 bits per heavy atom. The molecule has 0 aromatic heterocycles. The fraction of sp³-hybridized carbons (Fsp3) is 0.409. The van der Waals surface area contributed by atoms with E-state index in [4.69, 9.17) is 9.47 Å². The summed E-state index contributed by atoms with van der Waals surface area (Å²) in [5, 5.41) is 2.98. The van der Waals surface area contributed by atoms with Crippen LogP contribution in [0, 0.1) is 6.92 Å². The molecule has 1 heterocycles. The van der Waals surface area contributed by atoms with Gasteiger partial charge in [0.2, 0.25) is 15.9 Å². The van der Waals surface area contributed by atoms with Crippen LogP contribution < -0.4 is 14.8 Å². The molecule has 0 saturated carbocycles. The number of carbonyl (C=O) groups excluding carboxylic acids is 1. The Bertz CT molecular complexity index is 1040. The molecule has 1 saturated heterocycles. The van der Waals surface area contributed by atoms with Gasteiger partial charge in [0.05, 0.1) is 19.1 Å². The van der Waals surface area contributed by atoms with Gasteiger partial charge in [-0.2, -0.15) is 4.31 Å². The SMILES string of the molecule is CCc1cccc(C)c1NC(=O)C1CCCN1S(=O)(=O)c1ccc(OC)c(OC)c1. The van der Waals surface area contributed by atoms with Crippen LogP contribution in [-0.4, -0.2) is 45.4 Å². The Morgan fingerprint density at radius 2 is 1.90 bits per heavy atom. The molecule has 7 nitrogen and oxygen atoms in total. The summed E-state index contributed by atoms with van der Waals surface area (Å²) in [5.74, 6) is 0.464. The third-order valence-electron chi connectivity index (χ3n) is 5.46. The van der Waals surface area contributed by atoms with Crippen molar-refractivity contribution in [2.45, 2.75) is 44.0 Å². The number of hydrogen-bond donors (Lipinski definition) is 1. The van der Waals surface area contributed by atoms with Crippen LogP contribution in [0.15, 0.2) is 41.3 Å². The van der Waals surface area contributed by atoms with E-state index in [2.05, 4.69) is 5.32 Å². The highest BCUT2D eigenvalue weighted by Gasteiger charge is 2.40. The number of ether oxygens (including phenoxy) is 2. The molecular formula is C22H28N2O5S. The van der Waals surface area contributed by atoms with Crippen LogP contribution in [0.25, 0.3) is 0 Å². The molecule has 30 heavy (non-hydrogen) atoms. The second kappa shape index (κ2) is 9.06. The predicted molar refractivity (Wildman–Crippen MR) is 116 cm³/mol. The maximum Gasteiger partial charge on any atom is 0.243 e. The van der Waals surface area contributed by atoms with E-state index in [1.54, 1.807) is 6.07 Å². The summed E-state index contributed by atoms with van der Waals surface area (Å²) in [5.41, 5.74) is 2.74. The highest BCUT2D eigenvalue weighted by Crippen LogP contribution is 2.33. The van der Waals surface area contributed by atoms with E-state index in [-0.39, 0.29) is 10.8 Å². The van der Waals surface area contributed by atoms with E-state index >= 15 is 0 Å². The highest BCUT2D eigenvalue weighted by molar-refractivity contribution is 7.89. The van der Waals surface area contributed by atoms with Gasteiger partial charge in [-0.25, -0.2) is 8.42 Å². The average molecular weight is 433 g/mol. The Morgan fingerprint density at radius 3 is 2.57 bits per heavy atom. The van der Waals surface area contributed by atoms with Crippen molar-refractivity contribution >= 4 is 21.6 Å². The topological polar surface area (TPSA) is 84.9 Å². The van der Waals surface area contributed by atoms with Gasteiger partial charge < -0.3 is 14.8 Å². The van der Waals surface area contributed by atoms with Crippen LogP contribution in [0.3, 0.4) is 0 Å². The van der Waals surface area contributed by atoms with Crippen molar-refractivity contribution in [3.05, 3.63) is 47.5 Å². The smallest absolute Gasteiger partial charge is 0.243 e. The predicted octanol–water partition coefficient (Wildman–Crippen LogP) is 3.37. The van der Waals surface area contributed by atoms with E-state index in [1.165, 1.54) is 30.7 Å². The van der Waals surface area contributed by atoms with Crippen LogP contribution >= 0.6 is 0 Å². The molecule has 1 aliphatic heterocycles. The van der Waals surface area contributed by atoms with Crippen LogP contribution in [-0.2, 0) is 21.2 Å². The lowest BCUT2D eigenvalue weighted by atomic mass is 10.1. The third-order valence-corrected chi connectivity index (χ3v) is 7.36. The number of aryl methyl sites for hydroxylation is 2. The monoisotopic (exact) mass is 432 g/mol. The molecule has 8 heteroatoms. The minimum Gasteiger partial charge on any atom is -0.493 e. The molecule has 0 spiro atoms. The van der Waals surface area contributed by atoms with Crippen LogP contribution in [0.1, 0.15) is 30.9 Å². The maximum atomic E-state index is 13.3. The van der Waals surface area contributed by atoms with Gasteiger partial charge in [-0.15, -0.1) is 0 Å². The number of hydrogen-bond acceptors (Lipinski definition) is 5. The van der Waals surface area contributed by atoms with E-state index in [0.717, 1.165) is 23.2 Å². The van der Waals surface area contributed by atoms with Gasteiger partial charge in [0.15, 0.2) is 11.5 Å². The first-order valence-electron chi connectivity index (χ1n) is 9.96. The average Bonchev–Trinajstić information content (AvgIpc) is 3.25. The van der Waals surface area contributed by atoms with Crippen molar-refractivity contribution in [1.82, 2.24) is 4.31 Å². The molecule has 0 radical (unpaired) electrons. The molecule has 0 aliphatic carbocycles. The normalized spacial score (nSPS) is 17.0. The number of para-hydroxylation sites is 1. The van der Waals surface area contributed by atoms with Crippen molar-refractivity contribution in [1.29, 1.82) is 0 Å². The Labute approximate surface area is 178 Å². The summed E-state index contributed by atoms with van der Waals surface area (Å²) in [7, 11) is -0.930. The molecule has 3 rings (SSSR count). The fourth-order valence-corrected chi connectivity index (χ4v) is 5.48. The standard InChI is InChI=1S/C22H28N2O5S/c1-5-16-9-6-8-15(2)21(16)23-22(25)18-10-7-13-24(18)30(26,27)17-11-12-19(28-3)20(14-17)29-4/h6,8-9,11-12,14,18H,5,7,10,13H2,1-4H3,(H,23,25). The number of nitrogens with zero attached hydrogens (tertiary/aromatic N) is 1. The number of anilines is 1. The van der Waals surface area contributed by atoms with E-state index in [1.807, 2.05) is 32.0 Å². The lowest BCUT2D eigenvalue weighted by Gasteiger charge is -2.24. The second-order valence-corrected chi connectivity index (χ2v) is 9.13. The molecule has 1 fully saturated rings. The van der Waals surface area contributed by atoms with Gasteiger partial charge in [-0.05, 0) is 49.4 Å². The van der Waals surface area contributed by atoms with Crippen molar-refractivity contribution < 1.29 is 22.7 Å². The van der Waals surface area contributed by atoms with Crippen molar-refractivity contribution in [2.75, 3.05) is 26.1 Å². The van der Waals surface area contributed by atoms with Crippen LogP contribution in [0.4, 0.5) is 5.69 Å². The summed E-state index contributed by atoms with van der Waals surface area (Å²) in [6, 6.07) is 9.55. The summed E-state index contributed by atoms with van der Waals surface area (Å²) < 4.78 is 38.3. The zero-order valence-electron chi connectivity index (χ0n) is 17.8. The van der Waals surface area contributed by atoms with Gasteiger partial charge in [-0.1, -0.05) is 25.1 Å². The van der Waals surface area contributed by atoms with Gasteiger partial charge in [0.25, 0.3) is 0 Å². The maximum absolute atomic E-state index is 13.3. The number of sulfonamides is 1. The number of methoxy groups -OCH3 is 2. The minimum absolute atomic E-state index is 0.0741. The molecule has 0 bridgehead atoms. The highest BCUT2D eigenvalue weighted by atomic mass is 32.2. The lowest BCUT2D eigenvalue weighted by Crippen LogP contribution is -2.43.